The highest BCUT2D eigenvalue weighted by Gasteiger charge is 2.58. The van der Waals surface area contributed by atoms with Crippen molar-refractivity contribution >= 4 is 5.97 Å². The maximum Gasteiger partial charge on any atom is 0.342 e. The summed E-state index contributed by atoms with van der Waals surface area (Å²) in [6.07, 6.45) is 7.96. The van der Waals surface area contributed by atoms with E-state index in [0.29, 0.717) is 29.2 Å². The van der Waals surface area contributed by atoms with E-state index in [0.717, 1.165) is 44.1 Å². The molecule has 5 unspecified atom stereocenters. The van der Waals surface area contributed by atoms with Crippen molar-refractivity contribution in [3.8, 4) is 5.75 Å². The van der Waals surface area contributed by atoms with Gasteiger partial charge in [-0.05, 0) is 89.9 Å². The lowest BCUT2D eigenvalue weighted by Gasteiger charge is -2.61. The van der Waals surface area contributed by atoms with E-state index in [2.05, 4.69) is 40.3 Å². The van der Waals surface area contributed by atoms with Gasteiger partial charge in [-0.3, -0.25) is 4.79 Å². The van der Waals surface area contributed by atoms with Gasteiger partial charge in [-0.2, -0.15) is 0 Å². The van der Waals surface area contributed by atoms with Gasteiger partial charge in [0.1, 0.15) is 17.6 Å². The van der Waals surface area contributed by atoms with Gasteiger partial charge in [-0.1, -0.05) is 37.6 Å². The second-order valence-electron chi connectivity index (χ2n) is 11.4. The maximum absolute atomic E-state index is 12.7. The molecule has 1 aromatic rings. The van der Waals surface area contributed by atoms with Crippen molar-refractivity contribution in [1.29, 1.82) is 0 Å². The van der Waals surface area contributed by atoms with Crippen molar-refractivity contribution < 1.29 is 19.1 Å². The zero-order chi connectivity index (χ0) is 25.4. The first-order chi connectivity index (χ1) is 15.8. The fraction of sp³-hybridized carbons (Fsp3) is 0.655. The first-order valence-electron chi connectivity index (χ1n) is 12.6. The van der Waals surface area contributed by atoms with Gasteiger partial charge in [0.15, 0.2) is 0 Å². The minimum atomic E-state index is -0.459. The van der Waals surface area contributed by atoms with Gasteiger partial charge in [0, 0.05) is 17.9 Å². The normalized spacial score (nSPS) is 31.0. The summed E-state index contributed by atoms with van der Waals surface area (Å²) in [6, 6.07) is 0. The van der Waals surface area contributed by atoms with Crippen LogP contribution in [0.1, 0.15) is 90.0 Å². The molecule has 5 atom stereocenters. The van der Waals surface area contributed by atoms with Crippen molar-refractivity contribution in [2.24, 2.45) is 22.7 Å². The molecule has 34 heavy (non-hydrogen) atoms. The average molecular weight is 471 g/mol. The summed E-state index contributed by atoms with van der Waals surface area (Å²) < 4.78 is 11.4. The summed E-state index contributed by atoms with van der Waals surface area (Å²) in [5.41, 5.74) is 2.63. The Morgan fingerprint density at radius 2 is 1.91 bits per heavy atom. The van der Waals surface area contributed by atoms with E-state index in [4.69, 9.17) is 9.15 Å². The quantitative estimate of drug-likeness (QED) is 0.376. The molecule has 2 aliphatic carbocycles. The smallest absolute Gasteiger partial charge is 0.342 e. The van der Waals surface area contributed by atoms with Crippen LogP contribution in [-0.4, -0.2) is 17.2 Å². The average Bonchev–Trinajstić information content (AvgIpc) is 2.73. The Kier molecular flexibility index (Phi) is 7.54. The number of ether oxygens (including phenoxy) is 1. The molecule has 0 aliphatic heterocycles. The fourth-order valence-electron chi connectivity index (χ4n) is 6.90. The molecular weight excluding hydrogens is 428 g/mol. The molecule has 0 radical (unpaired) electrons. The van der Waals surface area contributed by atoms with Crippen LogP contribution < -0.4 is 5.63 Å². The van der Waals surface area contributed by atoms with E-state index in [1.807, 2.05) is 0 Å². The van der Waals surface area contributed by atoms with E-state index in [9.17, 15) is 14.7 Å². The molecule has 1 aromatic heterocycles. The molecule has 2 saturated carbocycles. The maximum atomic E-state index is 12.7. The van der Waals surface area contributed by atoms with E-state index in [-0.39, 0.29) is 34.6 Å². The van der Waals surface area contributed by atoms with Crippen LogP contribution in [0.25, 0.3) is 0 Å². The first kappa shape index (κ1) is 26.3. The predicted octanol–water partition coefficient (Wildman–Crippen LogP) is 6.57. The van der Waals surface area contributed by atoms with Crippen LogP contribution in [-0.2, 0) is 16.0 Å². The molecule has 0 bridgehead atoms. The number of carbonyl (C=O) groups is 1. The highest BCUT2D eigenvalue weighted by molar-refractivity contribution is 5.66. The summed E-state index contributed by atoms with van der Waals surface area (Å²) in [5, 5.41) is 10.8. The number of hydrogen-bond acceptors (Lipinski definition) is 5. The van der Waals surface area contributed by atoms with Gasteiger partial charge >= 0.3 is 11.6 Å². The number of carbonyl (C=O) groups excluding carboxylic acids is 1. The number of esters is 1. The van der Waals surface area contributed by atoms with Gasteiger partial charge in [-0.15, -0.1) is 0 Å². The topological polar surface area (TPSA) is 76.7 Å². The third-order valence-corrected chi connectivity index (χ3v) is 8.93. The lowest BCUT2D eigenvalue weighted by molar-refractivity contribution is -0.178. The second kappa shape index (κ2) is 9.75. The zero-order valence-electron chi connectivity index (χ0n) is 22.0. The lowest BCUT2D eigenvalue weighted by atomic mass is 9.45. The van der Waals surface area contributed by atoms with Gasteiger partial charge in [0.2, 0.25) is 0 Å². The Bertz CT molecular complexity index is 1040. The number of allylic oxidation sites excluding steroid dienone is 3. The minimum absolute atomic E-state index is 0.0446. The monoisotopic (exact) mass is 470 g/mol. The zero-order valence-corrected chi connectivity index (χ0v) is 22.0. The summed E-state index contributed by atoms with van der Waals surface area (Å²) in [4.78, 5) is 24.7. The Hall–Kier alpha value is -2.30. The second-order valence-corrected chi connectivity index (χ2v) is 11.4. The number of aromatic hydroxyl groups is 1. The van der Waals surface area contributed by atoms with Crippen LogP contribution in [0.4, 0.5) is 0 Å². The Balaban J connectivity index is 2.02. The van der Waals surface area contributed by atoms with Crippen molar-refractivity contribution in [2.45, 2.75) is 99.5 Å². The number of aryl methyl sites for hydroxylation is 1. The largest absolute Gasteiger partial charge is 0.507 e. The highest BCUT2D eigenvalue weighted by Crippen LogP contribution is 2.63. The van der Waals surface area contributed by atoms with Crippen LogP contribution >= 0.6 is 0 Å². The van der Waals surface area contributed by atoms with E-state index >= 15 is 0 Å². The molecule has 0 spiro atoms. The van der Waals surface area contributed by atoms with Gasteiger partial charge < -0.3 is 14.3 Å². The molecule has 1 N–H and O–H groups in total. The molecular formula is C29H42O5. The van der Waals surface area contributed by atoms with Gasteiger partial charge in [0.05, 0.1) is 5.56 Å². The van der Waals surface area contributed by atoms with Crippen molar-refractivity contribution in [1.82, 2.24) is 0 Å². The van der Waals surface area contributed by atoms with Gasteiger partial charge in [0.25, 0.3) is 0 Å². The SMILES string of the molecule is C=C1CCC2C(C)(CCC=C(C)C)C(OC(C)=O)CCC2(C)C1Cc1c(O)c(C)c(C)oc1=O. The Morgan fingerprint density at radius 3 is 2.53 bits per heavy atom. The molecule has 5 heteroatoms. The van der Waals surface area contributed by atoms with Gasteiger partial charge in [-0.25, -0.2) is 4.79 Å². The Labute approximate surface area is 204 Å². The highest BCUT2D eigenvalue weighted by atomic mass is 16.5. The van der Waals surface area contributed by atoms with Crippen molar-refractivity contribution in [2.75, 3.05) is 0 Å². The summed E-state index contributed by atoms with van der Waals surface area (Å²) in [5.74, 6) is 0.623. The van der Waals surface area contributed by atoms with Crippen molar-refractivity contribution in [3.05, 3.63) is 51.1 Å². The van der Waals surface area contributed by atoms with Crippen LogP contribution in [0.15, 0.2) is 33.0 Å². The van der Waals surface area contributed by atoms with E-state index < -0.39 is 5.63 Å². The minimum Gasteiger partial charge on any atom is -0.507 e. The fourth-order valence-corrected chi connectivity index (χ4v) is 6.90. The summed E-state index contributed by atoms with van der Waals surface area (Å²) in [6.45, 7) is 18.2. The first-order valence-corrected chi connectivity index (χ1v) is 12.6. The third-order valence-electron chi connectivity index (χ3n) is 8.93. The lowest BCUT2D eigenvalue weighted by Crippen LogP contribution is -2.57. The number of fused-ring (bicyclic) bond motifs is 1. The molecule has 3 rings (SSSR count). The number of rotatable bonds is 6. The van der Waals surface area contributed by atoms with E-state index in [1.54, 1.807) is 13.8 Å². The predicted molar refractivity (Wildman–Crippen MR) is 135 cm³/mol. The molecule has 0 aromatic carbocycles. The number of hydrogen-bond donors (Lipinski definition) is 1. The van der Waals surface area contributed by atoms with Crippen LogP contribution in [0.2, 0.25) is 0 Å². The van der Waals surface area contributed by atoms with Crippen molar-refractivity contribution in [3.63, 3.8) is 0 Å². The Morgan fingerprint density at radius 1 is 1.24 bits per heavy atom. The summed E-state index contributed by atoms with van der Waals surface area (Å²) in [7, 11) is 0. The summed E-state index contributed by atoms with van der Waals surface area (Å²) >= 11 is 0. The standard InChI is InChI=1S/C29H42O5/c1-17(2)10-9-14-29(8)24-12-11-18(3)23(28(24,7)15-13-25(29)34-21(6)30)16-22-26(31)19(4)20(5)33-27(22)32/h10,23-25,31H,3,9,11-16H2,1-2,4-8H3. The van der Waals surface area contributed by atoms with Crippen LogP contribution in [0.5, 0.6) is 5.75 Å². The molecule has 1 heterocycles. The molecule has 5 nitrogen and oxygen atoms in total. The molecule has 2 aliphatic rings. The molecule has 2 fully saturated rings. The molecule has 0 saturated heterocycles. The molecule has 188 valence electrons. The third kappa shape index (κ3) is 4.76. The molecule has 0 amide bonds. The van der Waals surface area contributed by atoms with Crippen LogP contribution in [0.3, 0.4) is 0 Å². The van der Waals surface area contributed by atoms with Crippen LogP contribution in [0, 0.1) is 36.5 Å². The van der Waals surface area contributed by atoms with E-state index in [1.165, 1.54) is 12.5 Å².